The van der Waals surface area contributed by atoms with Gasteiger partial charge in [-0.15, -0.1) is 0 Å². The number of aromatic amines is 2. The lowest BCUT2D eigenvalue weighted by molar-refractivity contribution is -0.143. The summed E-state index contributed by atoms with van der Waals surface area (Å²) in [6.45, 7) is 0. The average molecular weight is 470 g/mol. The number of nitrogens with zero attached hydrogens (tertiary/aromatic N) is 1. The number of imidazole rings is 1. The summed E-state index contributed by atoms with van der Waals surface area (Å²) in [7, 11) is 0. The van der Waals surface area contributed by atoms with Gasteiger partial charge in [-0.05, 0) is 24.5 Å². The summed E-state index contributed by atoms with van der Waals surface area (Å²) in [5.74, 6) is -3.94. The third-order valence-corrected chi connectivity index (χ3v) is 5.32. The fourth-order valence-electron chi connectivity index (χ4n) is 3.53. The number of aromatic nitrogens is 3. The standard InChI is InChI=1S/C22H26N6O6/c23-15(7-12-9-25-16-4-2-1-3-14(12)16)20(31)28-18(8-13-10-24-11-26-13)21(32)27-17(22(33)34)5-6-19(29)30/h1-4,9-11,15,17-18,25H,5-8,23H2,(H,24,26)(H,27,32)(H,28,31)(H,29,30)(H,33,34)/t15-,17-,18-/m0/s1. The van der Waals surface area contributed by atoms with Crippen LogP contribution < -0.4 is 16.4 Å². The van der Waals surface area contributed by atoms with Gasteiger partial charge in [-0.25, -0.2) is 9.78 Å². The van der Waals surface area contributed by atoms with Gasteiger partial charge in [0.1, 0.15) is 12.1 Å². The van der Waals surface area contributed by atoms with E-state index in [0.717, 1.165) is 16.5 Å². The maximum absolute atomic E-state index is 12.9. The molecule has 1 aromatic carbocycles. The molecule has 0 saturated heterocycles. The molecule has 12 nitrogen and oxygen atoms in total. The highest BCUT2D eigenvalue weighted by Gasteiger charge is 2.29. The zero-order valence-electron chi connectivity index (χ0n) is 18.2. The number of fused-ring (bicyclic) bond motifs is 1. The number of hydrogen-bond acceptors (Lipinski definition) is 6. The maximum Gasteiger partial charge on any atom is 0.326 e. The summed E-state index contributed by atoms with van der Waals surface area (Å²) >= 11 is 0. The van der Waals surface area contributed by atoms with Crippen molar-refractivity contribution in [3.8, 4) is 0 Å². The van der Waals surface area contributed by atoms with Crippen molar-refractivity contribution in [2.75, 3.05) is 0 Å². The van der Waals surface area contributed by atoms with E-state index >= 15 is 0 Å². The van der Waals surface area contributed by atoms with Gasteiger partial charge in [0, 0.05) is 41.8 Å². The van der Waals surface area contributed by atoms with Gasteiger partial charge in [-0.3, -0.25) is 14.4 Å². The molecule has 0 fully saturated rings. The minimum Gasteiger partial charge on any atom is -0.481 e. The Hall–Kier alpha value is -4.19. The average Bonchev–Trinajstić information content (AvgIpc) is 3.45. The molecule has 0 radical (unpaired) electrons. The van der Waals surface area contributed by atoms with E-state index in [1.165, 1.54) is 12.5 Å². The van der Waals surface area contributed by atoms with Crippen LogP contribution in [0.2, 0.25) is 0 Å². The summed E-state index contributed by atoms with van der Waals surface area (Å²) < 4.78 is 0. The molecule has 0 aliphatic carbocycles. The number of rotatable bonds is 12. The quantitative estimate of drug-likeness (QED) is 0.190. The summed E-state index contributed by atoms with van der Waals surface area (Å²) in [5, 5.41) is 24.0. The number of benzene rings is 1. The Balaban J connectivity index is 1.70. The highest BCUT2D eigenvalue weighted by molar-refractivity contribution is 5.92. The first-order chi connectivity index (χ1) is 16.2. The fraction of sp³-hybridized carbons (Fsp3) is 0.318. The largest absolute Gasteiger partial charge is 0.481 e. The number of carbonyl (C=O) groups excluding carboxylic acids is 2. The normalized spacial score (nSPS) is 13.7. The Morgan fingerprint density at radius 2 is 1.74 bits per heavy atom. The summed E-state index contributed by atoms with van der Waals surface area (Å²) in [6, 6.07) is 4.01. The smallest absolute Gasteiger partial charge is 0.326 e. The van der Waals surface area contributed by atoms with Crippen molar-refractivity contribution in [2.45, 2.75) is 43.8 Å². The highest BCUT2D eigenvalue weighted by atomic mass is 16.4. The van der Waals surface area contributed by atoms with Crippen molar-refractivity contribution in [2.24, 2.45) is 5.73 Å². The van der Waals surface area contributed by atoms with Crippen LogP contribution in [0.15, 0.2) is 43.0 Å². The van der Waals surface area contributed by atoms with Gasteiger partial charge in [0.25, 0.3) is 0 Å². The van der Waals surface area contributed by atoms with Crippen LogP contribution in [0, 0.1) is 0 Å². The van der Waals surface area contributed by atoms with E-state index in [9.17, 15) is 24.3 Å². The van der Waals surface area contributed by atoms with Crippen LogP contribution in [0.3, 0.4) is 0 Å². The molecular formula is C22H26N6O6. The third kappa shape index (κ3) is 6.42. The Bertz CT molecular complexity index is 1160. The van der Waals surface area contributed by atoms with E-state index in [1.54, 1.807) is 6.20 Å². The van der Waals surface area contributed by atoms with E-state index < -0.39 is 48.3 Å². The molecule has 3 aromatic rings. The second-order valence-corrected chi connectivity index (χ2v) is 7.84. The van der Waals surface area contributed by atoms with Crippen molar-refractivity contribution in [3.05, 3.63) is 54.2 Å². The number of nitrogens with two attached hydrogens (primary N) is 1. The first kappa shape index (κ1) is 24.5. The number of carboxylic acids is 2. The van der Waals surface area contributed by atoms with Crippen LogP contribution in [0.25, 0.3) is 10.9 Å². The second kappa shape index (κ2) is 11.1. The number of aliphatic carboxylic acids is 2. The summed E-state index contributed by atoms with van der Waals surface area (Å²) in [6.07, 6.45) is 4.12. The van der Waals surface area contributed by atoms with E-state index in [-0.39, 0.29) is 19.3 Å². The Morgan fingerprint density at radius 3 is 2.41 bits per heavy atom. The van der Waals surface area contributed by atoms with Crippen molar-refractivity contribution < 1.29 is 29.4 Å². The minimum atomic E-state index is -1.43. The van der Waals surface area contributed by atoms with Crippen LogP contribution >= 0.6 is 0 Å². The lowest BCUT2D eigenvalue weighted by Gasteiger charge is -2.22. The van der Waals surface area contributed by atoms with Gasteiger partial charge in [-0.2, -0.15) is 0 Å². The molecule has 2 heterocycles. The van der Waals surface area contributed by atoms with E-state index in [2.05, 4.69) is 25.6 Å². The number of para-hydroxylation sites is 1. The SMILES string of the molecule is N[C@@H](Cc1c[nH]c2ccccc12)C(=O)N[C@@H](Cc1cnc[nH]1)C(=O)N[C@@H](CCC(=O)O)C(=O)O. The van der Waals surface area contributed by atoms with Crippen LogP contribution in [0.1, 0.15) is 24.1 Å². The number of carboxylic acid groups (broad SMARTS) is 2. The monoisotopic (exact) mass is 470 g/mol. The molecule has 180 valence electrons. The first-order valence-corrected chi connectivity index (χ1v) is 10.6. The van der Waals surface area contributed by atoms with Gasteiger partial charge in [0.2, 0.25) is 11.8 Å². The zero-order chi connectivity index (χ0) is 24.7. The Labute approximate surface area is 193 Å². The van der Waals surface area contributed by atoms with Gasteiger partial charge < -0.3 is 36.5 Å². The minimum absolute atomic E-state index is 0.00263. The molecule has 3 atom stereocenters. The van der Waals surface area contributed by atoms with E-state index in [4.69, 9.17) is 10.8 Å². The van der Waals surface area contributed by atoms with Crippen LogP contribution in [-0.4, -0.2) is 67.0 Å². The zero-order valence-corrected chi connectivity index (χ0v) is 18.2. The van der Waals surface area contributed by atoms with Gasteiger partial charge in [0.05, 0.1) is 12.4 Å². The number of nitrogens with one attached hydrogen (secondary N) is 4. The van der Waals surface area contributed by atoms with Crippen LogP contribution in [-0.2, 0) is 32.0 Å². The van der Waals surface area contributed by atoms with Gasteiger partial charge >= 0.3 is 11.9 Å². The molecule has 0 unspecified atom stereocenters. The van der Waals surface area contributed by atoms with Gasteiger partial charge in [0.15, 0.2) is 0 Å². The van der Waals surface area contributed by atoms with Crippen LogP contribution in [0.5, 0.6) is 0 Å². The lowest BCUT2D eigenvalue weighted by atomic mass is 10.0. The van der Waals surface area contributed by atoms with Crippen molar-refractivity contribution in [1.29, 1.82) is 0 Å². The molecule has 0 aliphatic heterocycles. The maximum atomic E-state index is 12.9. The lowest BCUT2D eigenvalue weighted by Crippen LogP contribution is -2.55. The number of amides is 2. The van der Waals surface area contributed by atoms with E-state index in [1.807, 2.05) is 24.3 Å². The molecule has 34 heavy (non-hydrogen) atoms. The van der Waals surface area contributed by atoms with Crippen molar-refractivity contribution >= 4 is 34.7 Å². The Kier molecular flexibility index (Phi) is 7.98. The topological polar surface area (TPSA) is 203 Å². The summed E-state index contributed by atoms with van der Waals surface area (Å²) in [4.78, 5) is 57.8. The molecule has 8 N–H and O–H groups in total. The molecule has 2 amide bonds. The predicted molar refractivity (Wildman–Crippen MR) is 121 cm³/mol. The highest BCUT2D eigenvalue weighted by Crippen LogP contribution is 2.18. The van der Waals surface area contributed by atoms with E-state index in [0.29, 0.717) is 5.69 Å². The van der Waals surface area contributed by atoms with Crippen LogP contribution in [0.4, 0.5) is 0 Å². The van der Waals surface area contributed by atoms with Crippen molar-refractivity contribution in [1.82, 2.24) is 25.6 Å². The Morgan fingerprint density at radius 1 is 1.00 bits per heavy atom. The number of hydrogen-bond donors (Lipinski definition) is 7. The predicted octanol–water partition coefficient (Wildman–Crippen LogP) is -0.0775. The molecule has 0 bridgehead atoms. The molecule has 0 spiro atoms. The molecule has 0 aliphatic rings. The molecular weight excluding hydrogens is 444 g/mol. The molecule has 3 rings (SSSR count). The number of H-pyrrole nitrogens is 2. The van der Waals surface area contributed by atoms with Crippen molar-refractivity contribution in [3.63, 3.8) is 0 Å². The van der Waals surface area contributed by atoms with Gasteiger partial charge in [-0.1, -0.05) is 18.2 Å². The fourth-order valence-corrected chi connectivity index (χ4v) is 3.53. The summed E-state index contributed by atoms with van der Waals surface area (Å²) in [5.41, 5.74) is 8.39. The first-order valence-electron chi connectivity index (χ1n) is 10.6. The third-order valence-electron chi connectivity index (χ3n) is 5.32. The number of carbonyl (C=O) groups is 4. The molecule has 2 aromatic heterocycles. The second-order valence-electron chi connectivity index (χ2n) is 7.84. The molecule has 12 heteroatoms. The molecule has 0 saturated carbocycles.